The van der Waals surface area contributed by atoms with E-state index in [1.165, 1.54) is 19.2 Å². The fraction of sp³-hybridized carbons (Fsp3) is 0.333. The smallest absolute Gasteiger partial charge is 0.225 e. The van der Waals surface area contributed by atoms with E-state index in [9.17, 15) is 14.0 Å². The predicted molar refractivity (Wildman–Crippen MR) is 112 cm³/mol. The molecule has 0 radical (unpaired) electrons. The van der Waals surface area contributed by atoms with E-state index in [0.717, 1.165) is 5.56 Å². The summed E-state index contributed by atoms with van der Waals surface area (Å²) in [6, 6.07) is 9.77. The van der Waals surface area contributed by atoms with Gasteiger partial charge in [-0.2, -0.15) is 0 Å². The van der Waals surface area contributed by atoms with Crippen LogP contribution >= 0.6 is 0 Å². The van der Waals surface area contributed by atoms with E-state index in [1.54, 1.807) is 26.4 Å². The monoisotopic (exact) mass is 425 g/mol. The highest BCUT2D eigenvalue weighted by molar-refractivity contribution is 6.02. The van der Waals surface area contributed by atoms with Gasteiger partial charge in [-0.15, -0.1) is 0 Å². The van der Waals surface area contributed by atoms with Gasteiger partial charge in [0.1, 0.15) is 5.82 Å². The molecule has 1 N–H and O–H groups in total. The number of carbonyl (C=O) groups excluding carboxylic acids is 2. The van der Waals surface area contributed by atoms with E-state index in [0.29, 0.717) is 40.5 Å². The fourth-order valence-electron chi connectivity index (χ4n) is 4.54. The highest BCUT2D eigenvalue weighted by Crippen LogP contribution is 2.46. The van der Waals surface area contributed by atoms with Crippen molar-refractivity contribution < 1.29 is 28.2 Å². The van der Waals surface area contributed by atoms with Crippen LogP contribution in [0, 0.1) is 5.82 Å². The average molecular weight is 425 g/mol. The molecular weight excluding hydrogens is 401 g/mol. The van der Waals surface area contributed by atoms with Crippen LogP contribution in [0.2, 0.25) is 0 Å². The number of Topliss-reactive ketones (excluding diaryl/α,β-unsaturated/α-hetero) is 1. The fourth-order valence-corrected chi connectivity index (χ4v) is 4.54. The summed E-state index contributed by atoms with van der Waals surface area (Å²) < 4.78 is 30.1. The molecule has 0 fully saturated rings. The van der Waals surface area contributed by atoms with Crippen LogP contribution in [0.4, 0.5) is 4.39 Å². The number of hydrogen-bond donors (Lipinski definition) is 1. The SMILES string of the molecule is COc1cc(C2CC(=O)C3=C(C2)NC(=O)CC3c2cccc(F)c2)cc(OC)c1OC. The Morgan fingerprint density at radius 2 is 1.61 bits per heavy atom. The molecule has 4 rings (SSSR count). The summed E-state index contributed by atoms with van der Waals surface area (Å²) in [7, 11) is 4.61. The topological polar surface area (TPSA) is 73.9 Å². The Hall–Kier alpha value is -3.35. The highest BCUT2D eigenvalue weighted by atomic mass is 19.1. The molecule has 0 saturated carbocycles. The lowest BCUT2D eigenvalue weighted by molar-refractivity contribution is -0.122. The molecule has 1 aliphatic carbocycles. The van der Waals surface area contributed by atoms with Crippen molar-refractivity contribution in [2.45, 2.75) is 31.1 Å². The number of ketones is 1. The summed E-state index contributed by atoms with van der Waals surface area (Å²) in [5, 5.41) is 2.88. The van der Waals surface area contributed by atoms with E-state index >= 15 is 0 Å². The molecule has 162 valence electrons. The minimum Gasteiger partial charge on any atom is -0.493 e. The number of carbonyl (C=O) groups is 2. The second-order valence-electron chi connectivity index (χ2n) is 7.74. The summed E-state index contributed by atoms with van der Waals surface area (Å²) in [5.41, 5.74) is 2.69. The first-order valence-electron chi connectivity index (χ1n) is 10.1. The molecule has 1 heterocycles. The number of rotatable bonds is 5. The van der Waals surface area contributed by atoms with Crippen molar-refractivity contribution in [3.05, 3.63) is 64.6 Å². The van der Waals surface area contributed by atoms with Crippen LogP contribution in [0.3, 0.4) is 0 Å². The van der Waals surface area contributed by atoms with Gasteiger partial charge in [-0.3, -0.25) is 9.59 Å². The number of allylic oxidation sites excluding steroid dienone is 2. The highest BCUT2D eigenvalue weighted by Gasteiger charge is 2.38. The summed E-state index contributed by atoms with van der Waals surface area (Å²) in [5.74, 6) is 0.292. The second kappa shape index (κ2) is 8.41. The van der Waals surface area contributed by atoms with Crippen molar-refractivity contribution in [3.63, 3.8) is 0 Å². The van der Waals surface area contributed by atoms with Crippen molar-refractivity contribution in [3.8, 4) is 17.2 Å². The van der Waals surface area contributed by atoms with E-state index in [-0.39, 0.29) is 36.3 Å². The lowest BCUT2D eigenvalue weighted by atomic mass is 9.73. The maximum atomic E-state index is 13.8. The minimum absolute atomic E-state index is 0.0470. The first-order chi connectivity index (χ1) is 14.9. The van der Waals surface area contributed by atoms with Gasteiger partial charge in [0.15, 0.2) is 17.3 Å². The van der Waals surface area contributed by atoms with Crippen molar-refractivity contribution in [1.82, 2.24) is 5.32 Å². The van der Waals surface area contributed by atoms with Gasteiger partial charge in [0.2, 0.25) is 11.7 Å². The molecule has 0 bridgehead atoms. The Balaban J connectivity index is 1.73. The normalized spacial score (nSPS) is 20.8. The molecule has 0 spiro atoms. The third kappa shape index (κ3) is 3.87. The third-order valence-electron chi connectivity index (χ3n) is 5.95. The maximum Gasteiger partial charge on any atom is 0.225 e. The second-order valence-corrected chi connectivity index (χ2v) is 7.74. The number of ether oxygens (including phenoxy) is 3. The lowest BCUT2D eigenvalue weighted by Crippen LogP contribution is -2.38. The molecule has 2 aromatic carbocycles. The van der Waals surface area contributed by atoms with Crippen LogP contribution < -0.4 is 19.5 Å². The number of benzene rings is 2. The van der Waals surface area contributed by atoms with Crippen molar-refractivity contribution in [1.29, 1.82) is 0 Å². The molecular formula is C24H24FNO5. The third-order valence-corrected chi connectivity index (χ3v) is 5.95. The summed E-state index contributed by atoms with van der Waals surface area (Å²) in [6.07, 6.45) is 0.888. The summed E-state index contributed by atoms with van der Waals surface area (Å²) in [6.45, 7) is 0. The zero-order valence-corrected chi connectivity index (χ0v) is 17.7. The van der Waals surface area contributed by atoms with Gasteiger partial charge in [-0.05, 0) is 47.7 Å². The van der Waals surface area contributed by atoms with Crippen LogP contribution in [0.5, 0.6) is 17.2 Å². The number of halogens is 1. The summed E-state index contributed by atoms with van der Waals surface area (Å²) in [4.78, 5) is 25.6. The molecule has 1 amide bonds. The average Bonchev–Trinajstić information content (AvgIpc) is 2.77. The largest absolute Gasteiger partial charge is 0.493 e. The predicted octanol–water partition coefficient (Wildman–Crippen LogP) is 3.86. The molecule has 2 aromatic rings. The number of hydrogen-bond acceptors (Lipinski definition) is 5. The zero-order chi connectivity index (χ0) is 22.1. The molecule has 6 nitrogen and oxygen atoms in total. The van der Waals surface area contributed by atoms with E-state index < -0.39 is 5.92 Å². The Kier molecular flexibility index (Phi) is 5.67. The minimum atomic E-state index is -0.437. The van der Waals surface area contributed by atoms with Gasteiger partial charge in [0.05, 0.1) is 21.3 Å². The molecule has 31 heavy (non-hydrogen) atoms. The van der Waals surface area contributed by atoms with Gasteiger partial charge in [0, 0.05) is 30.0 Å². The Morgan fingerprint density at radius 3 is 2.23 bits per heavy atom. The quantitative estimate of drug-likeness (QED) is 0.788. The standard InChI is InChI=1S/C24H24FNO5/c1-29-20-10-15(11-21(30-2)24(20)31-3)14-8-18-23(19(27)9-14)17(12-22(28)26-18)13-5-4-6-16(25)7-13/h4-7,10-11,14,17H,8-9,12H2,1-3H3,(H,26,28). The molecule has 2 aliphatic rings. The van der Waals surface area contributed by atoms with Gasteiger partial charge in [-0.25, -0.2) is 4.39 Å². The number of nitrogens with one attached hydrogen (secondary N) is 1. The lowest BCUT2D eigenvalue weighted by Gasteiger charge is -2.34. The van der Waals surface area contributed by atoms with Gasteiger partial charge in [-0.1, -0.05) is 12.1 Å². The van der Waals surface area contributed by atoms with E-state index in [2.05, 4.69) is 5.32 Å². The van der Waals surface area contributed by atoms with E-state index in [4.69, 9.17) is 14.2 Å². The van der Waals surface area contributed by atoms with Crippen LogP contribution in [-0.4, -0.2) is 33.0 Å². The Morgan fingerprint density at radius 1 is 0.903 bits per heavy atom. The van der Waals surface area contributed by atoms with Crippen molar-refractivity contribution >= 4 is 11.7 Å². The number of amides is 1. The van der Waals surface area contributed by atoms with E-state index in [1.807, 2.05) is 12.1 Å². The number of methoxy groups -OCH3 is 3. The summed E-state index contributed by atoms with van der Waals surface area (Å²) >= 11 is 0. The Bertz CT molecular complexity index is 1050. The molecule has 0 aromatic heterocycles. The molecule has 0 saturated heterocycles. The first-order valence-corrected chi connectivity index (χ1v) is 10.1. The van der Waals surface area contributed by atoms with Crippen LogP contribution in [-0.2, 0) is 9.59 Å². The zero-order valence-electron chi connectivity index (χ0n) is 17.7. The van der Waals surface area contributed by atoms with Gasteiger partial charge >= 0.3 is 0 Å². The van der Waals surface area contributed by atoms with Gasteiger partial charge in [0.25, 0.3) is 0 Å². The Labute approximate surface area is 180 Å². The molecule has 2 unspecified atom stereocenters. The first kappa shape index (κ1) is 20.9. The van der Waals surface area contributed by atoms with Crippen molar-refractivity contribution in [2.24, 2.45) is 0 Å². The molecule has 1 aliphatic heterocycles. The van der Waals surface area contributed by atoms with Crippen LogP contribution in [0.25, 0.3) is 0 Å². The molecule has 7 heteroatoms. The van der Waals surface area contributed by atoms with Crippen molar-refractivity contribution in [2.75, 3.05) is 21.3 Å². The van der Waals surface area contributed by atoms with Crippen LogP contribution in [0.1, 0.15) is 42.2 Å². The van der Waals surface area contributed by atoms with Crippen LogP contribution in [0.15, 0.2) is 47.7 Å². The van der Waals surface area contributed by atoms with Gasteiger partial charge < -0.3 is 19.5 Å². The maximum absolute atomic E-state index is 13.8. The molecule has 2 atom stereocenters.